The summed E-state index contributed by atoms with van der Waals surface area (Å²) in [5.41, 5.74) is 3.57. The Balaban J connectivity index is 1.51. The lowest BCUT2D eigenvalue weighted by atomic mass is 10.0. The number of ether oxygens (including phenoxy) is 1. The van der Waals surface area contributed by atoms with Gasteiger partial charge in [-0.05, 0) is 57.0 Å². The molecule has 7 nitrogen and oxygen atoms in total. The number of amides is 2. The second kappa shape index (κ2) is 8.94. The monoisotopic (exact) mass is 436 g/mol. The number of hydrogen-bond acceptors (Lipinski definition) is 5. The summed E-state index contributed by atoms with van der Waals surface area (Å²) in [5, 5.41) is 1.02. The van der Waals surface area contributed by atoms with Crippen LogP contribution in [0.3, 0.4) is 0 Å². The van der Waals surface area contributed by atoms with Crippen LogP contribution in [0, 0.1) is 13.8 Å². The Morgan fingerprint density at radius 1 is 1.12 bits per heavy atom. The fraction of sp³-hybridized carbons (Fsp3) is 0.360. The summed E-state index contributed by atoms with van der Waals surface area (Å²) in [6.45, 7) is 10.2. The molecule has 0 N–H and O–H groups in total. The first kappa shape index (κ1) is 21.7. The number of rotatable bonds is 5. The van der Waals surface area contributed by atoms with E-state index in [1.165, 1.54) is 6.26 Å². The molecule has 3 heterocycles. The van der Waals surface area contributed by atoms with E-state index >= 15 is 0 Å². The van der Waals surface area contributed by atoms with Crippen LogP contribution >= 0.6 is 0 Å². The van der Waals surface area contributed by atoms with Crippen molar-refractivity contribution in [1.82, 2.24) is 9.80 Å². The highest BCUT2D eigenvalue weighted by Gasteiger charge is 2.25. The summed E-state index contributed by atoms with van der Waals surface area (Å²) in [6.07, 6.45) is 3.14. The van der Waals surface area contributed by atoms with Gasteiger partial charge in [0.15, 0.2) is 5.76 Å². The molecule has 2 aromatic heterocycles. The zero-order chi connectivity index (χ0) is 22.8. The van der Waals surface area contributed by atoms with Gasteiger partial charge in [0, 0.05) is 49.3 Å². The zero-order valence-electron chi connectivity index (χ0n) is 18.9. The van der Waals surface area contributed by atoms with Gasteiger partial charge in [0.2, 0.25) is 5.91 Å². The molecule has 7 heteroatoms. The second-order valence-electron chi connectivity index (χ2n) is 7.98. The van der Waals surface area contributed by atoms with Crippen molar-refractivity contribution in [2.24, 2.45) is 0 Å². The molecule has 4 rings (SSSR count). The highest BCUT2D eigenvalue weighted by atomic mass is 16.5. The minimum atomic E-state index is -0.144. The first-order valence-electron chi connectivity index (χ1n) is 10.9. The van der Waals surface area contributed by atoms with Crippen LogP contribution in [0.5, 0.6) is 5.75 Å². The molecule has 1 aliphatic rings. The SMILES string of the molecule is CCOc1cc2oc(C)c(C)c2cc1/C(C)=C/C(=O)N1CCN(C(=O)c2ccco2)CC1. The standard InChI is InChI=1S/C25H28N2O5/c1-5-30-22-15-23-20(17(3)18(4)32-23)14-19(22)16(2)13-24(28)26-8-10-27(11-9-26)25(29)21-7-6-12-31-21/h6-7,12-15H,5,8-11H2,1-4H3/b16-13+. The molecule has 2 amide bonds. The van der Waals surface area contributed by atoms with Gasteiger partial charge in [0.25, 0.3) is 5.91 Å². The highest BCUT2D eigenvalue weighted by Crippen LogP contribution is 2.35. The van der Waals surface area contributed by atoms with Gasteiger partial charge in [-0.3, -0.25) is 9.59 Å². The van der Waals surface area contributed by atoms with E-state index in [1.54, 1.807) is 28.0 Å². The van der Waals surface area contributed by atoms with Crippen molar-refractivity contribution >= 4 is 28.4 Å². The molecule has 32 heavy (non-hydrogen) atoms. The first-order valence-corrected chi connectivity index (χ1v) is 10.9. The molecule has 0 saturated carbocycles. The van der Waals surface area contributed by atoms with E-state index in [4.69, 9.17) is 13.6 Å². The van der Waals surface area contributed by atoms with E-state index in [0.717, 1.165) is 33.4 Å². The molecule has 168 valence electrons. The molecule has 0 bridgehead atoms. The fourth-order valence-corrected chi connectivity index (χ4v) is 3.99. The number of carbonyl (C=O) groups excluding carboxylic acids is 2. The molecule has 0 aliphatic carbocycles. The van der Waals surface area contributed by atoms with Gasteiger partial charge < -0.3 is 23.4 Å². The average Bonchev–Trinajstić information content (AvgIpc) is 3.42. The van der Waals surface area contributed by atoms with Crippen LogP contribution in [0.4, 0.5) is 0 Å². The summed E-state index contributed by atoms with van der Waals surface area (Å²) in [4.78, 5) is 28.9. The van der Waals surface area contributed by atoms with Gasteiger partial charge >= 0.3 is 0 Å². The first-order chi connectivity index (χ1) is 15.4. The third-order valence-corrected chi connectivity index (χ3v) is 5.95. The summed E-state index contributed by atoms with van der Waals surface area (Å²) in [5.74, 6) is 1.68. The van der Waals surface area contributed by atoms with Crippen molar-refractivity contribution < 1.29 is 23.2 Å². The van der Waals surface area contributed by atoms with Gasteiger partial charge in [0.1, 0.15) is 17.1 Å². The van der Waals surface area contributed by atoms with Gasteiger partial charge in [0.05, 0.1) is 12.9 Å². The van der Waals surface area contributed by atoms with E-state index in [2.05, 4.69) is 0 Å². The number of hydrogen-bond donors (Lipinski definition) is 0. The number of nitrogens with zero attached hydrogens (tertiary/aromatic N) is 2. The number of allylic oxidation sites excluding steroid dienone is 1. The van der Waals surface area contributed by atoms with E-state index in [1.807, 2.05) is 39.8 Å². The topological polar surface area (TPSA) is 76.1 Å². The van der Waals surface area contributed by atoms with Gasteiger partial charge in [-0.1, -0.05) is 0 Å². The molecular weight excluding hydrogens is 408 g/mol. The van der Waals surface area contributed by atoms with Crippen molar-refractivity contribution in [2.75, 3.05) is 32.8 Å². The lowest BCUT2D eigenvalue weighted by Gasteiger charge is -2.33. The Hall–Kier alpha value is -3.48. The van der Waals surface area contributed by atoms with Crippen LogP contribution < -0.4 is 4.74 Å². The Bertz CT molecular complexity index is 1160. The van der Waals surface area contributed by atoms with Crippen LogP contribution in [0.25, 0.3) is 16.5 Å². The smallest absolute Gasteiger partial charge is 0.289 e. The van der Waals surface area contributed by atoms with Gasteiger partial charge in [-0.2, -0.15) is 0 Å². The highest BCUT2D eigenvalue weighted by molar-refractivity contribution is 5.98. The summed E-state index contributed by atoms with van der Waals surface area (Å²) < 4.78 is 16.9. The summed E-state index contributed by atoms with van der Waals surface area (Å²) in [6, 6.07) is 7.28. The Labute approximate surface area is 187 Å². The third-order valence-electron chi connectivity index (χ3n) is 5.95. The minimum Gasteiger partial charge on any atom is -0.493 e. The molecule has 0 radical (unpaired) electrons. The fourth-order valence-electron chi connectivity index (χ4n) is 3.99. The predicted octanol–water partition coefficient (Wildman–Crippen LogP) is 4.43. The maximum Gasteiger partial charge on any atom is 0.289 e. The van der Waals surface area contributed by atoms with Crippen molar-refractivity contribution in [3.8, 4) is 5.75 Å². The van der Waals surface area contributed by atoms with Crippen LogP contribution in [-0.4, -0.2) is 54.4 Å². The zero-order valence-corrected chi connectivity index (χ0v) is 18.9. The van der Waals surface area contributed by atoms with Crippen molar-refractivity contribution in [3.63, 3.8) is 0 Å². The molecular formula is C25H28N2O5. The van der Waals surface area contributed by atoms with Crippen LogP contribution in [0.1, 0.15) is 41.3 Å². The number of fused-ring (bicyclic) bond motifs is 1. The van der Waals surface area contributed by atoms with E-state index < -0.39 is 0 Å². The lowest BCUT2D eigenvalue weighted by Crippen LogP contribution is -2.50. The molecule has 3 aromatic rings. The summed E-state index contributed by atoms with van der Waals surface area (Å²) >= 11 is 0. The average molecular weight is 437 g/mol. The van der Waals surface area contributed by atoms with Crippen molar-refractivity contribution in [2.45, 2.75) is 27.7 Å². The molecule has 1 saturated heterocycles. The van der Waals surface area contributed by atoms with Gasteiger partial charge in [-0.25, -0.2) is 0 Å². The lowest BCUT2D eigenvalue weighted by molar-refractivity contribution is -0.127. The molecule has 1 aliphatic heterocycles. The Morgan fingerprint density at radius 3 is 2.50 bits per heavy atom. The predicted molar refractivity (Wildman–Crippen MR) is 122 cm³/mol. The third kappa shape index (κ3) is 4.15. The maximum atomic E-state index is 13.0. The quantitative estimate of drug-likeness (QED) is 0.553. The summed E-state index contributed by atoms with van der Waals surface area (Å²) in [7, 11) is 0. The van der Waals surface area contributed by atoms with Gasteiger partial charge in [-0.15, -0.1) is 0 Å². The molecule has 1 aromatic carbocycles. The molecule has 0 spiro atoms. The van der Waals surface area contributed by atoms with E-state index in [9.17, 15) is 9.59 Å². The molecule has 0 unspecified atom stereocenters. The maximum absolute atomic E-state index is 13.0. The van der Waals surface area contributed by atoms with Crippen molar-refractivity contribution in [3.05, 3.63) is 59.3 Å². The Morgan fingerprint density at radius 2 is 1.84 bits per heavy atom. The van der Waals surface area contributed by atoms with Crippen LogP contribution in [0.2, 0.25) is 0 Å². The largest absolute Gasteiger partial charge is 0.493 e. The molecule has 1 fully saturated rings. The minimum absolute atomic E-state index is 0.0739. The molecule has 0 atom stereocenters. The number of carbonyl (C=O) groups is 2. The normalized spacial score (nSPS) is 14.8. The van der Waals surface area contributed by atoms with Crippen LogP contribution in [0.15, 0.2) is 45.4 Å². The van der Waals surface area contributed by atoms with Crippen molar-refractivity contribution in [1.29, 1.82) is 0 Å². The van der Waals surface area contributed by atoms with E-state index in [0.29, 0.717) is 44.3 Å². The number of aryl methyl sites for hydroxylation is 2. The number of piperazine rings is 1. The van der Waals surface area contributed by atoms with Crippen LogP contribution in [-0.2, 0) is 4.79 Å². The van der Waals surface area contributed by atoms with E-state index in [-0.39, 0.29) is 11.8 Å². The number of benzene rings is 1. The Kier molecular flexibility index (Phi) is 6.08. The second-order valence-corrected chi connectivity index (χ2v) is 7.98. The number of furan rings is 2.